The minimum atomic E-state index is -1.71. The van der Waals surface area contributed by atoms with E-state index in [0.717, 1.165) is 5.16 Å². The van der Waals surface area contributed by atoms with Crippen LogP contribution in [-0.2, 0) is 0 Å². The third-order valence-electron chi connectivity index (χ3n) is 1.80. The predicted octanol–water partition coefficient (Wildman–Crippen LogP) is 4.02. The van der Waals surface area contributed by atoms with E-state index in [2.05, 4.69) is 49.3 Å². The number of hydrogen-bond donors (Lipinski definition) is 0. The number of ether oxygens (including phenoxy) is 1. The summed E-state index contributed by atoms with van der Waals surface area (Å²) in [5, 5.41) is 0.788. The lowest BCUT2D eigenvalue weighted by atomic mass is 10.6. The summed E-state index contributed by atoms with van der Waals surface area (Å²) < 4.78 is 11.5. The van der Waals surface area contributed by atoms with Crippen molar-refractivity contribution in [3.8, 4) is 11.6 Å². The molecule has 0 atom stereocenters. The minimum Gasteiger partial charge on any atom is -0.529 e. The largest absolute Gasteiger partial charge is 0.529 e. The van der Waals surface area contributed by atoms with Gasteiger partial charge in [-0.3, -0.25) is 0 Å². The van der Waals surface area contributed by atoms with Gasteiger partial charge < -0.3 is 9.16 Å². The molecule has 0 fully saturated rings. The summed E-state index contributed by atoms with van der Waals surface area (Å²) in [7, 11) is -3.02. The number of hydrogen-bond acceptors (Lipinski definition) is 5. The lowest BCUT2D eigenvalue weighted by molar-refractivity contribution is 0.319. The molecule has 0 aliphatic rings. The van der Waals surface area contributed by atoms with Crippen molar-refractivity contribution in [3.05, 3.63) is 6.20 Å². The lowest BCUT2D eigenvalue weighted by Gasteiger charge is -2.21. The highest BCUT2D eigenvalue weighted by molar-refractivity contribution is 8.28. The minimum absolute atomic E-state index is 0.589. The molecular weight excluding hydrogens is 292 g/mol. The fourth-order valence-corrected chi connectivity index (χ4v) is 4.73. The molecule has 0 aliphatic heterocycles. The van der Waals surface area contributed by atoms with Crippen LogP contribution < -0.4 is 9.16 Å². The Balaban J connectivity index is 3.04. The van der Waals surface area contributed by atoms with Crippen LogP contribution in [0.25, 0.3) is 0 Å². The Labute approximate surface area is 122 Å². The first-order valence-corrected chi connectivity index (χ1v) is 14.9. The molecule has 108 valence electrons. The summed E-state index contributed by atoms with van der Waals surface area (Å²) in [6.07, 6.45) is 1.73. The van der Waals surface area contributed by atoms with Crippen LogP contribution in [-0.4, -0.2) is 32.1 Å². The van der Waals surface area contributed by atoms with Gasteiger partial charge in [0.1, 0.15) is 7.22 Å². The first-order valence-electron chi connectivity index (χ1n) is 6.48. The van der Waals surface area contributed by atoms with Crippen molar-refractivity contribution in [1.82, 2.24) is 9.97 Å². The van der Waals surface area contributed by atoms with Gasteiger partial charge in [0.15, 0.2) is 10.9 Å². The summed E-state index contributed by atoms with van der Waals surface area (Å²) in [6, 6.07) is 0. The van der Waals surface area contributed by atoms with Gasteiger partial charge in [0, 0.05) is 0 Å². The van der Waals surface area contributed by atoms with Gasteiger partial charge in [0.2, 0.25) is 14.2 Å². The van der Waals surface area contributed by atoms with Gasteiger partial charge in [-0.15, -0.1) is 11.2 Å². The first kappa shape index (κ1) is 16.5. The topological polar surface area (TPSA) is 44.2 Å². The van der Waals surface area contributed by atoms with Crippen molar-refractivity contribution < 1.29 is 9.16 Å². The molecular formula is C12H24N2O2SSi2. The Bertz CT molecular complexity index is 431. The van der Waals surface area contributed by atoms with Crippen LogP contribution in [0.1, 0.15) is 6.92 Å². The third kappa shape index (κ3) is 6.44. The molecule has 7 heteroatoms. The van der Waals surface area contributed by atoms with Crippen molar-refractivity contribution in [1.29, 1.82) is 0 Å². The van der Waals surface area contributed by atoms with Crippen LogP contribution in [0, 0.1) is 0 Å². The lowest BCUT2D eigenvalue weighted by Crippen LogP contribution is -2.30. The van der Waals surface area contributed by atoms with Crippen LogP contribution in [0.15, 0.2) is 11.4 Å². The molecule has 0 bridgehead atoms. The quantitative estimate of drug-likeness (QED) is 0.586. The van der Waals surface area contributed by atoms with Crippen molar-refractivity contribution in [2.24, 2.45) is 0 Å². The molecule has 1 rings (SSSR count). The zero-order chi connectivity index (χ0) is 14.7. The van der Waals surface area contributed by atoms with Crippen LogP contribution in [0.5, 0.6) is 11.6 Å². The Hall–Kier alpha value is -0.536. The molecule has 0 aromatic carbocycles. The Kier molecular flexibility index (Phi) is 5.46. The van der Waals surface area contributed by atoms with Crippen LogP contribution in [0.2, 0.25) is 39.3 Å². The molecule has 1 heterocycles. The highest BCUT2D eigenvalue weighted by Gasteiger charge is 2.23. The van der Waals surface area contributed by atoms with E-state index >= 15 is 0 Å². The monoisotopic (exact) mass is 316 g/mol. The molecule has 0 amide bonds. The van der Waals surface area contributed by atoms with E-state index in [1.54, 1.807) is 17.4 Å². The van der Waals surface area contributed by atoms with E-state index in [1.165, 1.54) is 0 Å². The molecule has 1 aromatic heterocycles. The van der Waals surface area contributed by atoms with E-state index in [9.17, 15) is 0 Å². The molecule has 0 aliphatic carbocycles. The fourth-order valence-electron chi connectivity index (χ4n) is 1.28. The van der Waals surface area contributed by atoms with Gasteiger partial charge >= 0.3 is 0 Å². The summed E-state index contributed by atoms with van der Waals surface area (Å²) in [5.41, 5.74) is 0. The molecule has 19 heavy (non-hydrogen) atoms. The third-order valence-corrected chi connectivity index (χ3v) is 5.98. The van der Waals surface area contributed by atoms with Crippen LogP contribution in [0.4, 0.5) is 0 Å². The van der Waals surface area contributed by atoms with Gasteiger partial charge in [-0.05, 0) is 26.6 Å². The summed E-state index contributed by atoms with van der Waals surface area (Å²) >= 11 is 1.76. The van der Waals surface area contributed by atoms with Gasteiger partial charge in [-0.1, -0.05) is 19.6 Å². The van der Waals surface area contributed by atoms with Crippen molar-refractivity contribution in [2.75, 3.05) is 6.61 Å². The van der Waals surface area contributed by atoms with E-state index in [1.807, 2.05) is 6.92 Å². The standard InChI is InChI=1S/C12H24N2O2SSi2/c1-8-15-10-9-13-12(17-19(5,6)7)14-11(10)16-18(2,3)4/h9H,8H2,1-7H3. The highest BCUT2D eigenvalue weighted by Crippen LogP contribution is 2.32. The second kappa shape index (κ2) is 6.28. The van der Waals surface area contributed by atoms with Crippen LogP contribution in [0.3, 0.4) is 0 Å². The summed E-state index contributed by atoms with van der Waals surface area (Å²) in [5.74, 6) is 1.24. The van der Waals surface area contributed by atoms with Gasteiger partial charge in [-0.25, -0.2) is 4.98 Å². The van der Waals surface area contributed by atoms with Crippen molar-refractivity contribution >= 4 is 26.8 Å². The zero-order valence-electron chi connectivity index (χ0n) is 12.9. The van der Waals surface area contributed by atoms with E-state index in [-0.39, 0.29) is 0 Å². The molecule has 0 saturated carbocycles. The summed E-state index contributed by atoms with van der Waals surface area (Å²) in [6.45, 7) is 15.8. The van der Waals surface area contributed by atoms with Gasteiger partial charge in [0.25, 0.3) is 0 Å². The molecule has 0 saturated heterocycles. The maximum Gasteiger partial charge on any atom is 0.247 e. The molecule has 0 spiro atoms. The fraction of sp³-hybridized carbons (Fsp3) is 0.667. The van der Waals surface area contributed by atoms with Crippen molar-refractivity contribution in [2.45, 2.75) is 51.4 Å². The normalized spacial score (nSPS) is 12.4. The number of nitrogens with zero attached hydrogens (tertiary/aromatic N) is 2. The van der Waals surface area contributed by atoms with Crippen molar-refractivity contribution in [3.63, 3.8) is 0 Å². The SMILES string of the molecule is CCOc1cnc(S[Si](C)(C)C)nc1O[Si](C)(C)C. The Morgan fingerprint density at radius 2 is 1.79 bits per heavy atom. The average molecular weight is 317 g/mol. The Morgan fingerprint density at radius 3 is 2.26 bits per heavy atom. The van der Waals surface area contributed by atoms with E-state index < -0.39 is 15.5 Å². The smallest absolute Gasteiger partial charge is 0.247 e. The second-order valence-electron chi connectivity index (χ2n) is 6.18. The van der Waals surface area contributed by atoms with Gasteiger partial charge in [0.05, 0.1) is 12.8 Å². The molecule has 1 aromatic rings. The molecule has 0 radical (unpaired) electrons. The second-order valence-corrected chi connectivity index (χ2v) is 19.7. The first-order chi connectivity index (χ1) is 8.61. The zero-order valence-corrected chi connectivity index (χ0v) is 15.7. The van der Waals surface area contributed by atoms with E-state index in [4.69, 9.17) is 9.16 Å². The number of rotatable bonds is 6. The highest BCUT2D eigenvalue weighted by atomic mass is 32.4. The van der Waals surface area contributed by atoms with Crippen LogP contribution >= 0.6 is 11.2 Å². The predicted molar refractivity (Wildman–Crippen MR) is 86.4 cm³/mol. The molecule has 4 nitrogen and oxygen atoms in total. The summed E-state index contributed by atoms with van der Waals surface area (Å²) in [4.78, 5) is 8.91. The van der Waals surface area contributed by atoms with Gasteiger partial charge in [-0.2, -0.15) is 4.98 Å². The number of aromatic nitrogens is 2. The molecule has 0 N–H and O–H groups in total. The Morgan fingerprint density at radius 1 is 1.16 bits per heavy atom. The average Bonchev–Trinajstić information content (AvgIpc) is 2.17. The maximum atomic E-state index is 6.01. The maximum absolute atomic E-state index is 6.01. The molecule has 0 unspecified atom stereocenters. The van der Waals surface area contributed by atoms with E-state index in [0.29, 0.717) is 18.2 Å².